The number of hydrogen-bond donors (Lipinski definition) is 1. The number of halogens is 4. The molecule has 0 spiro atoms. The van der Waals surface area contributed by atoms with Crippen LogP contribution in [0.25, 0.3) is 0 Å². The molecule has 0 radical (unpaired) electrons. The van der Waals surface area contributed by atoms with Crippen molar-refractivity contribution >= 4 is 17.8 Å². The highest BCUT2D eigenvalue weighted by atomic mass is 19.4. The van der Waals surface area contributed by atoms with E-state index < -0.39 is 47.3 Å². The summed E-state index contributed by atoms with van der Waals surface area (Å²) in [5.74, 6) is -4.83. The highest BCUT2D eigenvalue weighted by molar-refractivity contribution is 6.31. The molecule has 2 amide bonds. The molecule has 0 aliphatic carbocycles. The zero-order valence-corrected chi connectivity index (χ0v) is 20.4. The van der Waals surface area contributed by atoms with Gasteiger partial charge in [0, 0.05) is 32.0 Å². The molecule has 1 aliphatic heterocycles. The van der Waals surface area contributed by atoms with E-state index in [9.17, 15) is 31.9 Å². The van der Waals surface area contributed by atoms with Gasteiger partial charge in [0.25, 0.3) is 0 Å². The van der Waals surface area contributed by atoms with Crippen molar-refractivity contribution in [2.24, 2.45) is 5.92 Å². The Morgan fingerprint density at radius 1 is 1.11 bits per heavy atom. The van der Waals surface area contributed by atoms with Crippen LogP contribution in [0.15, 0.2) is 36.4 Å². The SMILES string of the molecule is Cc1cc([C@H](C)N(C)C(=O)[C@H]2CCN(C(=O)C(=O)O)C[C@@H]2c2ccc(F)cc2C)cc(C(F)(F)F)c1. The lowest BCUT2D eigenvalue weighted by Crippen LogP contribution is -2.49. The summed E-state index contributed by atoms with van der Waals surface area (Å²) in [7, 11) is 1.51. The summed E-state index contributed by atoms with van der Waals surface area (Å²) in [5, 5.41) is 9.15. The number of carboxylic acid groups (broad SMARTS) is 1. The Hall–Kier alpha value is -3.43. The van der Waals surface area contributed by atoms with Crippen LogP contribution >= 0.6 is 0 Å². The second-order valence-electron chi connectivity index (χ2n) is 9.31. The molecule has 3 rings (SSSR count). The Labute approximate surface area is 206 Å². The number of piperidine rings is 1. The Morgan fingerprint density at radius 2 is 1.78 bits per heavy atom. The predicted octanol–water partition coefficient (Wildman–Crippen LogP) is 4.70. The van der Waals surface area contributed by atoms with Crippen molar-refractivity contribution in [2.75, 3.05) is 20.1 Å². The van der Waals surface area contributed by atoms with Crippen LogP contribution in [0.1, 0.15) is 53.1 Å². The number of rotatable bonds is 4. The Bertz CT molecular complexity index is 1180. The van der Waals surface area contributed by atoms with E-state index in [-0.39, 0.29) is 25.4 Å². The number of alkyl halides is 3. The molecule has 36 heavy (non-hydrogen) atoms. The van der Waals surface area contributed by atoms with Crippen LogP contribution in [0.5, 0.6) is 0 Å². The van der Waals surface area contributed by atoms with E-state index in [0.29, 0.717) is 22.3 Å². The molecule has 6 nitrogen and oxygen atoms in total. The van der Waals surface area contributed by atoms with Gasteiger partial charge in [-0.2, -0.15) is 13.2 Å². The molecule has 194 valence electrons. The van der Waals surface area contributed by atoms with Gasteiger partial charge in [0.15, 0.2) is 0 Å². The largest absolute Gasteiger partial charge is 0.474 e. The molecule has 2 aromatic carbocycles. The zero-order valence-electron chi connectivity index (χ0n) is 20.4. The number of nitrogens with zero attached hydrogens (tertiary/aromatic N) is 2. The maximum atomic E-state index is 13.8. The molecule has 2 aromatic rings. The number of likely N-dealkylation sites (tertiary alicyclic amines) is 1. The molecule has 1 N–H and O–H groups in total. The number of aryl methyl sites for hydroxylation is 2. The Kier molecular flexibility index (Phi) is 7.76. The fourth-order valence-corrected chi connectivity index (χ4v) is 4.83. The Balaban J connectivity index is 1.94. The molecule has 10 heteroatoms. The molecule has 0 aromatic heterocycles. The molecule has 1 heterocycles. The maximum absolute atomic E-state index is 13.8. The van der Waals surface area contributed by atoms with Gasteiger partial charge in [-0.15, -0.1) is 0 Å². The molecule has 0 bridgehead atoms. The third kappa shape index (κ3) is 5.68. The minimum absolute atomic E-state index is 0.0309. The number of carbonyl (C=O) groups excluding carboxylic acids is 2. The van der Waals surface area contributed by atoms with Crippen molar-refractivity contribution in [3.63, 3.8) is 0 Å². The third-order valence-corrected chi connectivity index (χ3v) is 6.87. The molecular weight excluding hydrogens is 480 g/mol. The standard InChI is InChI=1S/C26H28F4N2O4/c1-14-9-17(12-18(10-14)26(28,29)30)16(3)31(4)23(33)21-7-8-32(24(34)25(35)36)13-22(21)20-6-5-19(27)11-15(20)2/h5-6,9-12,16,21-22H,7-8,13H2,1-4H3,(H,35,36)/t16-,21-,22+/m0/s1. The van der Waals surface area contributed by atoms with Crippen molar-refractivity contribution in [3.05, 3.63) is 70.0 Å². The normalized spacial score (nSPS) is 19.1. The van der Waals surface area contributed by atoms with E-state index in [1.54, 1.807) is 26.8 Å². The molecule has 3 atom stereocenters. The molecule has 0 saturated carbocycles. The lowest BCUT2D eigenvalue weighted by molar-refractivity contribution is -0.157. The van der Waals surface area contributed by atoms with Crippen LogP contribution in [0.2, 0.25) is 0 Å². The summed E-state index contributed by atoms with van der Waals surface area (Å²) in [6.07, 6.45) is -4.38. The van der Waals surface area contributed by atoms with Crippen LogP contribution in [0, 0.1) is 25.6 Å². The Morgan fingerprint density at radius 3 is 2.36 bits per heavy atom. The van der Waals surface area contributed by atoms with Crippen LogP contribution in [-0.4, -0.2) is 52.8 Å². The van der Waals surface area contributed by atoms with Crippen LogP contribution < -0.4 is 0 Å². The first kappa shape index (κ1) is 27.2. The van der Waals surface area contributed by atoms with E-state index >= 15 is 0 Å². The lowest BCUT2D eigenvalue weighted by Gasteiger charge is -2.40. The topological polar surface area (TPSA) is 77.9 Å². The summed E-state index contributed by atoms with van der Waals surface area (Å²) in [4.78, 5) is 39.6. The van der Waals surface area contributed by atoms with Crippen molar-refractivity contribution in [1.29, 1.82) is 0 Å². The van der Waals surface area contributed by atoms with Crippen LogP contribution in [0.3, 0.4) is 0 Å². The first-order valence-electron chi connectivity index (χ1n) is 11.4. The van der Waals surface area contributed by atoms with E-state index in [2.05, 4.69) is 0 Å². The van der Waals surface area contributed by atoms with Crippen LogP contribution in [-0.2, 0) is 20.6 Å². The average Bonchev–Trinajstić information content (AvgIpc) is 2.80. The van der Waals surface area contributed by atoms with Gasteiger partial charge in [-0.25, -0.2) is 9.18 Å². The third-order valence-electron chi connectivity index (χ3n) is 6.87. The molecular formula is C26H28F4N2O4. The van der Waals surface area contributed by atoms with E-state index in [4.69, 9.17) is 5.11 Å². The van der Waals surface area contributed by atoms with Gasteiger partial charge >= 0.3 is 18.1 Å². The first-order valence-corrected chi connectivity index (χ1v) is 11.4. The smallest absolute Gasteiger partial charge is 0.416 e. The maximum Gasteiger partial charge on any atom is 0.416 e. The summed E-state index contributed by atoms with van der Waals surface area (Å²) in [5.41, 5.74) is 1.09. The van der Waals surface area contributed by atoms with Crippen molar-refractivity contribution in [2.45, 2.75) is 45.3 Å². The molecule has 1 saturated heterocycles. The van der Waals surface area contributed by atoms with E-state index in [1.807, 2.05) is 0 Å². The summed E-state index contributed by atoms with van der Waals surface area (Å²) in [6, 6.07) is 7.03. The van der Waals surface area contributed by atoms with Gasteiger partial charge in [0.2, 0.25) is 5.91 Å². The van der Waals surface area contributed by atoms with Crippen molar-refractivity contribution < 1.29 is 37.1 Å². The number of amides is 2. The van der Waals surface area contributed by atoms with E-state index in [0.717, 1.165) is 17.0 Å². The minimum atomic E-state index is -4.53. The average molecular weight is 509 g/mol. The fourth-order valence-electron chi connectivity index (χ4n) is 4.83. The minimum Gasteiger partial charge on any atom is -0.474 e. The van der Waals surface area contributed by atoms with Gasteiger partial charge < -0.3 is 14.9 Å². The highest BCUT2D eigenvalue weighted by Gasteiger charge is 2.41. The summed E-state index contributed by atoms with van der Waals surface area (Å²) >= 11 is 0. The summed E-state index contributed by atoms with van der Waals surface area (Å²) in [6.45, 7) is 4.82. The fraction of sp³-hybridized carbons (Fsp3) is 0.423. The second-order valence-corrected chi connectivity index (χ2v) is 9.31. The van der Waals surface area contributed by atoms with Crippen molar-refractivity contribution in [1.82, 2.24) is 9.80 Å². The zero-order chi connectivity index (χ0) is 26.9. The van der Waals surface area contributed by atoms with Gasteiger partial charge in [-0.05, 0) is 68.1 Å². The number of aliphatic carboxylic acids is 1. The monoisotopic (exact) mass is 508 g/mol. The summed E-state index contributed by atoms with van der Waals surface area (Å²) < 4.78 is 53.8. The van der Waals surface area contributed by atoms with Crippen LogP contribution in [0.4, 0.5) is 17.6 Å². The number of hydrogen-bond acceptors (Lipinski definition) is 3. The molecule has 1 fully saturated rings. The number of carboxylic acids is 1. The molecule has 0 unspecified atom stereocenters. The lowest BCUT2D eigenvalue weighted by atomic mass is 9.78. The number of carbonyl (C=O) groups is 3. The van der Waals surface area contributed by atoms with E-state index in [1.165, 1.54) is 30.1 Å². The number of benzene rings is 2. The second kappa shape index (κ2) is 10.3. The van der Waals surface area contributed by atoms with Gasteiger partial charge in [0.05, 0.1) is 11.6 Å². The highest BCUT2D eigenvalue weighted by Crippen LogP contribution is 2.38. The van der Waals surface area contributed by atoms with Gasteiger partial charge in [-0.3, -0.25) is 9.59 Å². The predicted molar refractivity (Wildman–Crippen MR) is 124 cm³/mol. The first-order chi connectivity index (χ1) is 16.7. The van der Waals surface area contributed by atoms with Crippen molar-refractivity contribution in [3.8, 4) is 0 Å². The van der Waals surface area contributed by atoms with Gasteiger partial charge in [-0.1, -0.05) is 17.7 Å². The van der Waals surface area contributed by atoms with Gasteiger partial charge in [0.1, 0.15) is 5.82 Å². The molecule has 1 aliphatic rings. The quantitative estimate of drug-likeness (QED) is 0.480.